The van der Waals surface area contributed by atoms with Crippen molar-refractivity contribution in [1.29, 1.82) is 0 Å². The highest BCUT2D eigenvalue weighted by molar-refractivity contribution is 6.33. The molecule has 0 atom stereocenters. The average Bonchev–Trinajstić information content (AvgIpc) is 2.57. The zero-order chi connectivity index (χ0) is 17.3. The molecule has 2 aromatic carbocycles. The van der Waals surface area contributed by atoms with Crippen molar-refractivity contribution < 1.29 is 14.6 Å². The first-order valence-electron chi connectivity index (χ1n) is 7.63. The minimum Gasteiger partial charge on any atom is -0.490 e. The molecule has 0 aliphatic carbocycles. The zero-order valence-electron chi connectivity index (χ0n) is 13.1. The third-order valence-electron chi connectivity index (χ3n) is 3.78. The Hall–Kier alpha value is -2.53. The van der Waals surface area contributed by atoms with Crippen LogP contribution < -0.4 is 10.2 Å². The molecule has 6 heteroatoms. The van der Waals surface area contributed by atoms with E-state index in [0.29, 0.717) is 39.2 Å². The number of aliphatic carboxylic acids is 1. The number of halogens is 1. The van der Waals surface area contributed by atoms with E-state index in [1.165, 1.54) is 0 Å². The summed E-state index contributed by atoms with van der Waals surface area (Å²) < 4.78 is 7.32. The maximum absolute atomic E-state index is 12.8. The molecule has 0 unspecified atom stereocenters. The van der Waals surface area contributed by atoms with E-state index in [0.717, 1.165) is 6.42 Å². The Morgan fingerprint density at radius 1 is 1.21 bits per heavy atom. The van der Waals surface area contributed by atoms with E-state index < -0.39 is 5.97 Å². The predicted molar refractivity (Wildman–Crippen MR) is 94.1 cm³/mol. The van der Waals surface area contributed by atoms with Gasteiger partial charge in [-0.2, -0.15) is 0 Å². The van der Waals surface area contributed by atoms with Gasteiger partial charge in [0.2, 0.25) is 0 Å². The monoisotopic (exact) mass is 345 g/mol. The average molecular weight is 346 g/mol. The van der Waals surface area contributed by atoms with E-state index in [1.807, 2.05) is 6.92 Å². The lowest BCUT2D eigenvalue weighted by molar-refractivity contribution is -0.137. The highest BCUT2D eigenvalue weighted by Gasteiger charge is 2.18. The van der Waals surface area contributed by atoms with Crippen LogP contribution in [0.3, 0.4) is 0 Å². The van der Waals surface area contributed by atoms with Gasteiger partial charge in [-0.05, 0) is 30.7 Å². The molecule has 0 saturated heterocycles. The molecule has 0 aliphatic heterocycles. The molecule has 1 heterocycles. The number of hydrogen-bond acceptors (Lipinski definition) is 3. The highest BCUT2D eigenvalue weighted by atomic mass is 35.5. The molecule has 5 nitrogen and oxygen atoms in total. The largest absolute Gasteiger partial charge is 0.490 e. The van der Waals surface area contributed by atoms with Crippen LogP contribution >= 0.6 is 11.6 Å². The molecule has 1 N–H and O–H groups in total. The third kappa shape index (κ3) is 2.71. The summed E-state index contributed by atoms with van der Waals surface area (Å²) in [4.78, 5) is 24.2. The first-order chi connectivity index (χ1) is 11.5. The number of benzene rings is 2. The number of carboxylic acid groups (broad SMARTS) is 1. The van der Waals surface area contributed by atoms with Crippen LogP contribution in [0.2, 0.25) is 5.02 Å². The molecule has 1 aromatic heterocycles. The summed E-state index contributed by atoms with van der Waals surface area (Å²) in [6, 6.07) is 10.2. The highest BCUT2D eigenvalue weighted by Crippen LogP contribution is 2.34. The van der Waals surface area contributed by atoms with Crippen molar-refractivity contribution >= 4 is 39.4 Å². The summed E-state index contributed by atoms with van der Waals surface area (Å²) >= 11 is 6.26. The van der Waals surface area contributed by atoms with Crippen LogP contribution in [0, 0.1) is 0 Å². The van der Waals surface area contributed by atoms with Crippen LogP contribution in [-0.2, 0) is 11.3 Å². The van der Waals surface area contributed by atoms with Crippen LogP contribution in [0.15, 0.2) is 41.2 Å². The third-order valence-corrected chi connectivity index (χ3v) is 4.08. The maximum atomic E-state index is 12.8. The van der Waals surface area contributed by atoms with Crippen LogP contribution in [0.1, 0.15) is 13.3 Å². The quantitative estimate of drug-likeness (QED) is 0.716. The van der Waals surface area contributed by atoms with Gasteiger partial charge in [0.1, 0.15) is 6.54 Å². The summed E-state index contributed by atoms with van der Waals surface area (Å²) in [5.74, 6) is -0.661. The van der Waals surface area contributed by atoms with Crippen molar-refractivity contribution in [3.8, 4) is 5.75 Å². The van der Waals surface area contributed by atoms with Gasteiger partial charge in [0.15, 0.2) is 11.2 Å². The van der Waals surface area contributed by atoms with E-state index in [-0.39, 0.29) is 12.0 Å². The predicted octanol–water partition coefficient (Wildman–Crippen LogP) is 3.68. The Balaban J connectivity index is 2.50. The number of aromatic nitrogens is 1. The molecule has 0 aliphatic rings. The molecule has 24 heavy (non-hydrogen) atoms. The van der Waals surface area contributed by atoms with E-state index in [1.54, 1.807) is 41.0 Å². The van der Waals surface area contributed by atoms with Gasteiger partial charge in [-0.3, -0.25) is 9.59 Å². The van der Waals surface area contributed by atoms with Gasteiger partial charge in [-0.25, -0.2) is 0 Å². The van der Waals surface area contributed by atoms with Crippen molar-refractivity contribution in [2.75, 3.05) is 6.61 Å². The Kier molecular flexibility index (Phi) is 4.44. The van der Waals surface area contributed by atoms with Gasteiger partial charge in [-0.15, -0.1) is 0 Å². The van der Waals surface area contributed by atoms with Gasteiger partial charge < -0.3 is 14.4 Å². The summed E-state index contributed by atoms with van der Waals surface area (Å²) in [7, 11) is 0. The van der Waals surface area contributed by atoms with Crippen molar-refractivity contribution in [1.82, 2.24) is 4.57 Å². The second-order valence-corrected chi connectivity index (χ2v) is 5.85. The number of para-hydroxylation sites is 1. The number of nitrogens with zero attached hydrogens (tertiary/aromatic N) is 1. The summed E-state index contributed by atoms with van der Waals surface area (Å²) in [6.07, 6.45) is 0.767. The smallest absolute Gasteiger partial charge is 0.323 e. The maximum Gasteiger partial charge on any atom is 0.323 e. The van der Waals surface area contributed by atoms with E-state index in [9.17, 15) is 14.7 Å². The fraction of sp³-hybridized carbons (Fsp3) is 0.222. The number of fused-ring (bicyclic) bond motifs is 2. The van der Waals surface area contributed by atoms with Crippen LogP contribution in [0.4, 0.5) is 0 Å². The van der Waals surface area contributed by atoms with E-state index >= 15 is 0 Å². The minimum atomic E-state index is -1.01. The number of pyridine rings is 1. The van der Waals surface area contributed by atoms with Crippen molar-refractivity contribution in [3.63, 3.8) is 0 Å². The molecule has 0 fully saturated rings. The molecule has 3 rings (SSSR count). The van der Waals surface area contributed by atoms with Gasteiger partial charge in [0.25, 0.3) is 0 Å². The van der Waals surface area contributed by atoms with Gasteiger partial charge in [0, 0.05) is 5.39 Å². The number of carboxylic acids is 1. The SMILES string of the molecule is CCCOc1c(Cl)ccc2c(=O)c3ccccc3n(CC(=O)O)c12. The van der Waals surface area contributed by atoms with Gasteiger partial charge in [-0.1, -0.05) is 30.7 Å². The molecular formula is C18H16ClNO4. The molecule has 0 amide bonds. The van der Waals surface area contributed by atoms with Gasteiger partial charge in [0.05, 0.1) is 28.0 Å². The lowest BCUT2D eigenvalue weighted by Gasteiger charge is -2.17. The standard InChI is InChI=1S/C18H16ClNO4/c1-2-9-24-18-13(19)8-7-12-16(18)20(10-15(21)22)14-6-4-3-5-11(14)17(12)23/h3-8H,2,9-10H2,1H3,(H,21,22). The molecule has 0 radical (unpaired) electrons. The fourth-order valence-electron chi connectivity index (χ4n) is 2.81. The molecule has 124 valence electrons. The van der Waals surface area contributed by atoms with Crippen molar-refractivity contribution in [2.24, 2.45) is 0 Å². The Morgan fingerprint density at radius 3 is 2.67 bits per heavy atom. The van der Waals surface area contributed by atoms with Crippen LogP contribution in [-0.4, -0.2) is 22.2 Å². The first-order valence-corrected chi connectivity index (χ1v) is 8.00. The topological polar surface area (TPSA) is 68.5 Å². The second kappa shape index (κ2) is 6.53. The minimum absolute atomic E-state index is 0.166. The van der Waals surface area contributed by atoms with Crippen LogP contribution in [0.5, 0.6) is 5.75 Å². The molecule has 3 aromatic rings. The Morgan fingerprint density at radius 2 is 1.96 bits per heavy atom. The van der Waals surface area contributed by atoms with Crippen LogP contribution in [0.25, 0.3) is 21.8 Å². The first kappa shape index (κ1) is 16.3. The normalized spacial score (nSPS) is 11.1. The van der Waals surface area contributed by atoms with E-state index in [4.69, 9.17) is 16.3 Å². The van der Waals surface area contributed by atoms with Crippen molar-refractivity contribution in [3.05, 3.63) is 51.6 Å². The summed E-state index contributed by atoms with van der Waals surface area (Å²) in [6.45, 7) is 2.09. The number of ether oxygens (including phenoxy) is 1. The van der Waals surface area contributed by atoms with E-state index in [2.05, 4.69) is 0 Å². The zero-order valence-corrected chi connectivity index (χ0v) is 13.8. The fourth-order valence-corrected chi connectivity index (χ4v) is 3.01. The molecule has 0 saturated carbocycles. The number of hydrogen-bond donors (Lipinski definition) is 1. The number of carbonyl (C=O) groups is 1. The van der Waals surface area contributed by atoms with Crippen molar-refractivity contribution in [2.45, 2.75) is 19.9 Å². The summed E-state index contributed by atoms with van der Waals surface area (Å²) in [5.41, 5.74) is 0.795. The Labute approximate surface area is 143 Å². The second-order valence-electron chi connectivity index (χ2n) is 5.45. The Bertz CT molecular complexity index is 994. The molecular weight excluding hydrogens is 330 g/mol. The molecule has 0 bridgehead atoms. The number of rotatable bonds is 5. The molecule has 0 spiro atoms. The van der Waals surface area contributed by atoms with Gasteiger partial charge >= 0.3 is 5.97 Å². The summed E-state index contributed by atoms with van der Waals surface area (Å²) in [5, 5.41) is 10.5. The lowest BCUT2D eigenvalue weighted by atomic mass is 10.1. The lowest BCUT2D eigenvalue weighted by Crippen LogP contribution is -2.17.